The highest BCUT2D eigenvalue weighted by molar-refractivity contribution is 6.76. The fourth-order valence-electron chi connectivity index (χ4n) is 15.0. The van der Waals surface area contributed by atoms with Crippen LogP contribution < -0.4 is 0 Å². The number of benzene rings is 1. The predicted octanol–water partition coefficient (Wildman–Crippen LogP) is 21.3. The van der Waals surface area contributed by atoms with E-state index in [0.29, 0.717) is 11.8 Å². The molecule has 0 spiro atoms. The van der Waals surface area contributed by atoms with Crippen LogP contribution >= 0.6 is 0 Å². The highest BCUT2D eigenvalue weighted by atomic mass is 28.3. The van der Waals surface area contributed by atoms with Gasteiger partial charge in [-0.05, 0) is 106 Å². The molecule has 1 saturated carbocycles. The molecule has 0 radical (unpaired) electrons. The Balaban J connectivity index is 1.39. The lowest BCUT2D eigenvalue weighted by Crippen LogP contribution is -2.67. The predicted molar refractivity (Wildman–Crippen MR) is 296 cm³/mol. The molecule has 1 aromatic rings. The van der Waals surface area contributed by atoms with Crippen molar-refractivity contribution in [2.24, 2.45) is 17.8 Å². The van der Waals surface area contributed by atoms with E-state index in [-0.39, 0.29) is 16.5 Å². The lowest BCUT2D eigenvalue weighted by atomic mass is 9.68. The van der Waals surface area contributed by atoms with E-state index >= 15 is 0 Å². The van der Waals surface area contributed by atoms with Crippen LogP contribution in [0.1, 0.15) is 298 Å². The molecule has 1 fully saturated rings. The fourth-order valence-corrected chi connectivity index (χ4v) is 21.5. The summed E-state index contributed by atoms with van der Waals surface area (Å²) in [5, 5.41) is 0. The number of nitrogens with zero attached hydrogens (tertiary/aromatic N) is 1. The summed E-state index contributed by atoms with van der Waals surface area (Å²) in [4.78, 5) is 0. The molecule has 0 aliphatic heterocycles. The number of unbranched alkanes of at least 4 members (excludes halogenated alkanes) is 30. The molecule has 2 heteroatoms. The molecule has 3 aliphatic carbocycles. The quantitative estimate of drug-likeness (QED) is 0.0479. The SMILES string of the molecule is CCCCCCCCCCCCCCCCCCC1(CCCCCCCCCCCCCCCCCC)C2=CC3C(C=C2c2ccccc21)CC(C)C3[Si](C)(C)N(C(C)(C)C)C(C)(C)C. The van der Waals surface area contributed by atoms with Gasteiger partial charge >= 0.3 is 0 Å². The van der Waals surface area contributed by atoms with Crippen molar-refractivity contribution in [2.45, 2.75) is 322 Å². The van der Waals surface area contributed by atoms with E-state index in [1.807, 2.05) is 0 Å². The highest BCUT2D eigenvalue weighted by Gasteiger charge is 2.57. The van der Waals surface area contributed by atoms with Gasteiger partial charge in [0.05, 0.1) is 0 Å². The summed E-state index contributed by atoms with van der Waals surface area (Å²) < 4.78 is 3.04. The summed E-state index contributed by atoms with van der Waals surface area (Å²) in [7, 11) is -1.88. The molecule has 1 aromatic carbocycles. The topological polar surface area (TPSA) is 3.24 Å². The Labute approximate surface area is 409 Å². The zero-order valence-electron chi connectivity index (χ0n) is 46.0. The summed E-state index contributed by atoms with van der Waals surface area (Å²) in [5.41, 5.74) is 8.01. The van der Waals surface area contributed by atoms with Crippen molar-refractivity contribution in [1.82, 2.24) is 4.57 Å². The third-order valence-electron chi connectivity index (χ3n) is 17.1. The van der Waals surface area contributed by atoms with Crippen molar-refractivity contribution in [2.75, 3.05) is 0 Å². The number of hydrogen-bond donors (Lipinski definition) is 0. The third-order valence-corrected chi connectivity index (χ3v) is 22.2. The second kappa shape index (κ2) is 29.2. The van der Waals surface area contributed by atoms with Crippen molar-refractivity contribution in [3.05, 3.63) is 53.1 Å². The lowest BCUT2D eigenvalue weighted by molar-refractivity contribution is 0.121. The number of fused-ring (bicyclic) bond motifs is 4. The monoisotopic (exact) mass is 912 g/mol. The van der Waals surface area contributed by atoms with Gasteiger partial charge in [-0.3, -0.25) is 0 Å². The lowest BCUT2D eigenvalue weighted by Gasteiger charge is -2.57. The van der Waals surface area contributed by atoms with Crippen molar-refractivity contribution in [1.29, 1.82) is 0 Å². The molecule has 0 N–H and O–H groups in total. The molecule has 1 nitrogen and oxygen atoms in total. The van der Waals surface area contributed by atoms with Gasteiger partial charge in [-0.1, -0.05) is 276 Å². The van der Waals surface area contributed by atoms with Crippen LogP contribution in [0.15, 0.2) is 42.0 Å². The van der Waals surface area contributed by atoms with Crippen molar-refractivity contribution >= 4 is 13.8 Å². The molecule has 4 unspecified atom stereocenters. The Hall–Kier alpha value is -1.12. The molecule has 0 amide bonds. The molecule has 3 aliphatic rings. The standard InChI is InChI=1S/C63H113NSi/c1-12-14-16-18-20-22-24-26-28-30-32-34-36-38-40-44-48-63(49-45-41-39-37-35-33-31-29-27-25-23-21-19-17-15-13-2)58-47-43-42-46-55(58)57-51-54-50-53(3)60(56(54)52-59(57)63)65(10,11)64(61(4,5)6)62(7,8)9/h42-43,46-47,51-54,56,60H,12-41,44-45,48-50H2,1-11H3. The Morgan fingerprint density at radius 2 is 0.862 bits per heavy atom. The van der Waals surface area contributed by atoms with E-state index in [9.17, 15) is 0 Å². The molecule has 0 aromatic heterocycles. The molecule has 0 saturated heterocycles. The van der Waals surface area contributed by atoms with Crippen molar-refractivity contribution < 1.29 is 0 Å². The summed E-state index contributed by atoms with van der Waals surface area (Å²) in [6, 6.07) is 9.85. The smallest absolute Gasteiger partial charge is 0.127 e. The fraction of sp³-hybridized carbons (Fsp3) is 0.841. The Bertz CT molecular complexity index is 1430. The zero-order chi connectivity index (χ0) is 47.2. The first-order valence-electron chi connectivity index (χ1n) is 29.5. The average molecular weight is 913 g/mol. The van der Waals surface area contributed by atoms with Crippen LogP contribution in [0.5, 0.6) is 0 Å². The molecular weight excluding hydrogens is 799 g/mol. The minimum absolute atomic E-state index is 0.155. The van der Waals surface area contributed by atoms with Crippen molar-refractivity contribution in [3.63, 3.8) is 0 Å². The highest BCUT2D eigenvalue weighted by Crippen LogP contribution is 2.63. The number of rotatable bonds is 36. The zero-order valence-corrected chi connectivity index (χ0v) is 47.0. The van der Waals surface area contributed by atoms with Crippen LogP contribution in [0.25, 0.3) is 5.57 Å². The first kappa shape index (κ1) is 56.5. The van der Waals surface area contributed by atoms with Crippen LogP contribution in [0.2, 0.25) is 18.6 Å². The van der Waals surface area contributed by atoms with Gasteiger partial charge in [0.1, 0.15) is 8.24 Å². The van der Waals surface area contributed by atoms with E-state index in [1.165, 1.54) is 225 Å². The van der Waals surface area contributed by atoms with E-state index in [0.717, 1.165) is 11.5 Å². The minimum Gasteiger partial charge on any atom is -0.314 e. The number of allylic oxidation sites excluding steroid dienone is 4. The maximum atomic E-state index is 3.04. The van der Waals surface area contributed by atoms with Crippen molar-refractivity contribution in [3.8, 4) is 0 Å². The maximum Gasteiger partial charge on any atom is 0.127 e. The van der Waals surface area contributed by atoms with E-state index < -0.39 is 8.24 Å². The van der Waals surface area contributed by atoms with E-state index in [4.69, 9.17) is 0 Å². The van der Waals surface area contributed by atoms with Gasteiger partial charge in [-0.2, -0.15) is 0 Å². The van der Waals surface area contributed by atoms with Crippen LogP contribution in [-0.4, -0.2) is 23.9 Å². The molecule has 65 heavy (non-hydrogen) atoms. The first-order chi connectivity index (χ1) is 31.2. The van der Waals surface area contributed by atoms with Gasteiger partial charge < -0.3 is 4.57 Å². The normalized spacial score (nSPS) is 20.6. The van der Waals surface area contributed by atoms with Gasteiger partial charge in [0.25, 0.3) is 0 Å². The summed E-state index contributed by atoms with van der Waals surface area (Å²) in [6.07, 6.45) is 56.0. The third kappa shape index (κ3) is 17.4. The van der Waals surface area contributed by atoms with Crippen LogP contribution in [0.3, 0.4) is 0 Å². The summed E-state index contributed by atoms with van der Waals surface area (Å²) in [5.74, 6) is 2.11. The largest absolute Gasteiger partial charge is 0.314 e. The van der Waals surface area contributed by atoms with Gasteiger partial charge in [-0.15, -0.1) is 0 Å². The van der Waals surface area contributed by atoms with Gasteiger partial charge in [0, 0.05) is 16.5 Å². The minimum atomic E-state index is -1.88. The second-order valence-electron chi connectivity index (χ2n) is 25.2. The Morgan fingerprint density at radius 3 is 1.23 bits per heavy atom. The number of hydrogen-bond acceptors (Lipinski definition) is 1. The Morgan fingerprint density at radius 1 is 0.508 bits per heavy atom. The van der Waals surface area contributed by atoms with Crippen LogP contribution in [0, 0.1) is 17.8 Å². The maximum absolute atomic E-state index is 3.04. The average Bonchev–Trinajstić information content (AvgIpc) is 3.72. The summed E-state index contributed by atoms with van der Waals surface area (Å²) >= 11 is 0. The molecule has 0 heterocycles. The van der Waals surface area contributed by atoms with Gasteiger partial charge in [-0.25, -0.2) is 0 Å². The van der Waals surface area contributed by atoms with E-state index in [2.05, 4.69) is 116 Å². The molecular formula is C63H113NSi. The Kier molecular flexibility index (Phi) is 25.3. The van der Waals surface area contributed by atoms with E-state index in [1.54, 1.807) is 22.3 Å². The van der Waals surface area contributed by atoms with Crippen LogP contribution in [0.4, 0.5) is 0 Å². The first-order valence-corrected chi connectivity index (χ1v) is 32.6. The molecule has 0 bridgehead atoms. The molecule has 4 rings (SSSR count). The van der Waals surface area contributed by atoms with Gasteiger partial charge in [0.15, 0.2) is 0 Å². The molecule has 374 valence electrons. The molecule has 4 atom stereocenters. The van der Waals surface area contributed by atoms with Crippen LogP contribution in [-0.2, 0) is 5.41 Å². The second-order valence-corrected chi connectivity index (χ2v) is 29.6. The summed E-state index contributed by atoms with van der Waals surface area (Å²) in [6.45, 7) is 27.8. The van der Waals surface area contributed by atoms with Gasteiger partial charge in [0.2, 0.25) is 0 Å².